The van der Waals surface area contributed by atoms with Crippen molar-refractivity contribution in [2.45, 2.75) is 37.5 Å². The van der Waals surface area contributed by atoms with E-state index >= 15 is 0 Å². The summed E-state index contributed by atoms with van der Waals surface area (Å²) < 4.78 is 0. The number of rotatable bonds is 7. The van der Waals surface area contributed by atoms with E-state index in [0.717, 1.165) is 10.9 Å². The van der Waals surface area contributed by atoms with Gasteiger partial charge in [0.1, 0.15) is 5.69 Å². The molecular formula is C26H29ClN4O5. The van der Waals surface area contributed by atoms with Crippen LogP contribution in [-0.2, 0) is 11.2 Å². The van der Waals surface area contributed by atoms with Crippen molar-refractivity contribution in [3.8, 4) is 0 Å². The van der Waals surface area contributed by atoms with E-state index in [1.165, 1.54) is 9.80 Å². The van der Waals surface area contributed by atoms with Crippen molar-refractivity contribution in [1.29, 1.82) is 0 Å². The van der Waals surface area contributed by atoms with E-state index in [9.17, 15) is 24.6 Å². The number of nitrogens with zero attached hydrogens (tertiary/aromatic N) is 2. The van der Waals surface area contributed by atoms with Crippen molar-refractivity contribution in [2.24, 2.45) is 0 Å². The number of fused-ring (bicyclic) bond motifs is 1. The first-order chi connectivity index (χ1) is 17.2. The Bertz CT molecular complexity index is 1260. The third-order valence-corrected chi connectivity index (χ3v) is 6.96. The topological polar surface area (TPSA) is 126 Å². The summed E-state index contributed by atoms with van der Waals surface area (Å²) in [5, 5.41) is 24.6. The minimum Gasteiger partial charge on any atom is -0.465 e. The lowest BCUT2D eigenvalue weighted by atomic mass is 9.98. The van der Waals surface area contributed by atoms with Crippen LogP contribution in [0, 0.1) is 0 Å². The Morgan fingerprint density at radius 1 is 1.14 bits per heavy atom. The van der Waals surface area contributed by atoms with Gasteiger partial charge in [0.25, 0.3) is 11.8 Å². The highest BCUT2D eigenvalue weighted by Gasteiger charge is 2.42. The zero-order chi connectivity index (χ0) is 25.9. The standard InChI is InChI=1S/C26H29ClN4O5/c1-30(20-10-13-31(14-11-20)25(34)35)24(33)26(36,12-9-17-5-3-2-4-6-17)29-23(32)22-16-18-15-19(27)7-8-21(18)28-22/h2-8,15-16,20,28,36H,9-14H2,1H3,(H,29,32)(H,34,35). The van der Waals surface area contributed by atoms with Gasteiger partial charge in [-0.1, -0.05) is 41.9 Å². The molecule has 0 spiro atoms. The summed E-state index contributed by atoms with van der Waals surface area (Å²) >= 11 is 6.05. The monoisotopic (exact) mass is 512 g/mol. The van der Waals surface area contributed by atoms with Crippen molar-refractivity contribution in [3.63, 3.8) is 0 Å². The van der Waals surface area contributed by atoms with Crippen LogP contribution >= 0.6 is 11.6 Å². The van der Waals surface area contributed by atoms with Gasteiger partial charge in [-0.05, 0) is 49.1 Å². The van der Waals surface area contributed by atoms with Gasteiger partial charge in [0.15, 0.2) is 0 Å². The van der Waals surface area contributed by atoms with Crippen LogP contribution in [0.5, 0.6) is 0 Å². The van der Waals surface area contributed by atoms with Gasteiger partial charge >= 0.3 is 6.09 Å². The highest BCUT2D eigenvalue weighted by molar-refractivity contribution is 6.31. The molecule has 1 aromatic heterocycles. The molecule has 4 rings (SSSR count). The van der Waals surface area contributed by atoms with Gasteiger partial charge < -0.3 is 30.3 Å². The number of nitrogens with one attached hydrogen (secondary N) is 2. The highest BCUT2D eigenvalue weighted by atomic mass is 35.5. The van der Waals surface area contributed by atoms with Crippen LogP contribution in [0.15, 0.2) is 54.6 Å². The summed E-state index contributed by atoms with van der Waals surface area (Å²) in [6.07, 6.45) is 0.219. The Labute approximate surface area is 213 Å². The van der Waals surface area contributed by atoms with Gasteiger partial charge in [0.05, 0.1) is 0 Å². The second-order valence-corrected chi connectivity index (χ2v) is 9.57. The third kappa shape index (κ3) is 5.63. The van der Waals surface area contributed by atoms with Gasteiger partial charge in [0.2, 0.25) is 5.72 Å². The molecule has 2 aromatic carbocycles. The zero-order valence-electron chi connectivity index (χ0n) is 19.9. The molecule has 10 heteroatoms. The summed E-state index contributed by atoms with van der Waals surface area (Å²) in [6.45, 7) is 0.591. The lowest BCUT2D eigenvalue weighted by Crippen LogP contribution is -2.61. The van der Waals surface area contributed by atoms with E-state index in [2.05, 4.69) is 10.3 Å². The first-order valence-corrected chi connectivity index (χ1v) is 12.2. The van der Waals surface area contributed by atoms with Gasteiger partial charge in [-0.3, -0.25) is 9.59 Å². The van der Waals surface area contributed by atoms with E-state index in [-0.39, 0.29) is 18.2 Å². The fourth-order valence-electron chi connectivity index (χ4n) is 4.58. The molecule has 1 aliphatic rings. The minimum atomic E-state index is -2.17. The number of H-pyrrole nitrogens is 1. The molecular weight excluding hydrogens is 484 g/mol. The molecule has 1 fully saturated rings. The largest absolute Gasteiger partial charge is 0.465 e. The quantitative estimate of drug-likeness (QED) is 0.361. The number of aromatic amines is 1. The number of carbonyl (C=O) groups excluding carboxylic acids is 2. The Balaban J connectivity index is 1.54. The Hall–Kier alpha value is -3.56. The molecule has 36 heavy (non-hydrogen) atoms. The molecule has 190 valence electrons. The molecule has 2 heterocycles. The van der Waals surface area contributed by atoms with Crippen LogP contribution in [0.25, 0.3) is 10.9 Å². The smallest absolute Gasteiger partial charge is 0.407 e. The number of piperidine rings is 1. The zero-order valence-corrected chi connectivity index (χ0v) is 20.7. The lowest BCUT2D eigenvalue weighted by molar-refractivity contribution is -0.156. The summed E-state index contributed by atoms with van der Waals surface area (Å²) in [5.41, 5.74) is -0.363. The fraction of sp³-hybridized carbons (Fsp3) is 0.346. The number of hydrogen-bond acceptors (Lipinski definition) is 4. The van der Waals surface area contributed by atoms with Crippen molar-refractivity contribution in [3.05, 3.63) is 70.9 Å². The van der Waals surface area contributed by atoms with Crippen molar-refractivity contribution >= 4 is 40.4 Å². The van der Waals surface area contributed by atoms with Crippen LogP contribution < -0.4 is 5.32 Å². The number of likely N-dealkylation sites (N-methyl/N-ethyl adjacent to an activating group) is 1. The second-order valence-electron chi connectivity index (χ2n) is 9.13. The number of hydrogen-bond donors (Lipinski definition) is 4. The molecule has 9 nitrogen and oxygen atoms in total. The predicted octanol–water partition coefficient (Wildman–Crippen LogP) is 3.47. The normalized spacial score (nSPS) is 15.9. The first-order valence-electron chi connectivity index (χ1n) is 11.8. The number of aryl methyl sites for hydroxylation is 1. The molecule has 0 radical (unpaired) electrons. The number of aromatic nitrogens is 1. The van der Waals surface area contributed by atoms with E-state index < -0.39 is 23.6 Å². The van der Waals surface area contributed by atoms with E-state index in [4.69, 9.17) is 11.6 Å². The SMILES string of the molecule is CN(C(=O)C(O)(CCc1ccccc1)NC(=O)c1cc2cc(Cl)ccc2[nH]1)C1CCN(C(=O)O)CC1. The average Bonchev–Trinajstić information content (AvgIpc) is 3.31. The molecule has 1 atom stereocenters. The maximum atomic E-state index is 13.6. The van der Waals surface area contributed by atoms with Crippen LogP contribution in [0.2, 0.25) is 5.02 Å². The second kappa shape index (κ2) is 10.6. The number of amides is 3. The maximum Gasteiger partial charge on any atom is 0.407 e. The average molecular weight is 513 g/mol. The van der Waals surface area contributed by atoms with Crippen molar-refractivity contribution in [2.75, 3.05) is 20.1 Å². The maximum absolute atomic E-state index is 13.6. The third-order valence-electron chi connectivity index (χ3n) is 6.72. The molecule has 3 aromatic rings. The summed E-state index contributed by atoms with van der Waals surface area (Å²) in [5.74, 6) is -1.26. The van der Waals surface area contributed by atoms with Crippen LogP contribution in [0.4, 0.5) is 4.79 Å². The van der Waals surface area contributed by atoms with Crippen LogP contribution in [-0.4, -0.2) is 74.8 Å². The molecule has 0 aliphatic carbocycles. The van der Waals surface area contributed by atoms with Gasteiger partial charge in [0, 0.05) is 48.5 Å². The van der Waals surface area contributed by atoms with Crippen LogP contribution in [0.3, 0.4) is 0 Å². The van der Waals surface area contributed by atoms with Crippen molar-refractivity contribution < 1.29 is 24.6 Å². The molecule has 1 saturated heterocycles. The molecule has 0 saturated carbocycles. The van der Waals surface area contributed by atoms with E-state index in [0.29, 0.717) is 42.9 Å². The van der Waals surface area contributed by atoms with Crippen molar-refractivity contribution in [1.82, 2.24) is 20.1 Å². The molecule has 3 amide bonds. The molecule has 0 bridgehead atoms. The van der Waals surface area contributed by atoms with Gasteiger partial charge in [-0.15, -0.1) is 0 Å². The summed E-state index contributed by atoms with van der Waals surface area (Å²) in [6, 6.07) is 15.9. The number of carbonyl (C=O) groups is 3. The van der Waals surface area contributed by atoms with E-state index in [1.807, 2.05) is 30.3 Å². The van der Waals surface area contributed by atoms with Gasteiger partial charge in [-0.2, -0.15) is 0 Å². The predicted molar refractivity (Wildman–Crippen MR) is 136 cm³/mol. The molecule has 1 aliphatic heterocycles. The first kappa shape index (κ1) is 25.5. The number of halogens is 1. The lowest BCUT2D eigenvalue weighted by Gasteiger charge is -2.39. The Kier molecular flexibility index (Phi) is 7.51. The fourth-order valence-corrected chi connectivity index (χ4v) is 4.76. The summed E-state index contributed by atoms with van der Waals surface area (Å²) in [4.78, 5) is 43.7. The Morgan fingerprint density at radius 2 is 1.83 bits per heavy atom. The minimum absolute atomic E-state index is 0.0358. The van der Waals surface area contributed by atoms with Crippen LogP contribution in [0.1, 0.15) is 35.3 Å². The molecule has 4 N–H and O–H groups in total. The van der Waals surface area contributed by atoms with E-state index in [1.54, 1.807) is 31.3 Å². The molecule has 1 unspecified atom stereocenters. The number of benzene rings is 2. The number of carboxylic acid groups (broad SMARTS) is 1. The Morgan fingerprint density at radius 3 is 2.50 bits per heavy atom. The summed E-state index contributed by atoms with van der Waals surface area (Å²) in [7, 11) is 1.58. The number of aliphatic hydroxyl groups is 1. The highest BCUT2D eigenvalue weighted by Crippen LogP contribution is 2.23. The van der Waals surface area contributed by atoms with Gasteiger partial charge in [-0.25, -0.2) is 4.79 Å². The number of likely N-dealkylation sites (tertiary alicyclic amines) is 1.